The lowest BCUT2D eigenvalue weighted by atomic mass is 10.1. The van der Waals surface area contributed by atoms with Crippen molar-refractivity contribution in [3.8, 4) is 5.75 Å². The normalized spacial score (nSPS) is 10.8. The molecular weight excluding hydrogens is 218 g/mol. The molecule has 0 saturated heterocycles. The van der Waals surface area contributed by atoms with E-state index in [1.807, 2.05) is 20.8 Å². The van der Waals surface area contributed by atoms with Crippen LogP contribution in [0.4, 0.5) is 0 Å². The molecule has 0 aliphatic carbocycles. The lowest BCUT2D eigenvalue weighted by Crippen LogP contribution is -2.44. The third-order valence-corrected chi connectivity index (χ3v) is 2.03. The van der Waals surface area contributed by atoms with Crippen molar-refractivity contribution in [3.05, 3.63) is 29.8 Å². The molecule has 92 valence electrons. The van der Waals surface area contributed by atoms with Crippen LogP contribution in [0, 0.1) is 0 Å². The molecule has 0 spiro atoms. The van der Waals surface area contributed by atoms with E-state index in [9.17, 15) is 9.59 Å². The molecule has 1 amide bonds. The number of ether oxygens (including phenoxy) is 1. The maximum absolute atomic E-state index is 11.8. The topological polar surface area (TPSA) is 55.4 Å². The van der Waals surface area contributed by atoms with Crippen LogP contribution >= 0.6 is 0 Å². The van der Waals surface area contributed by atoms with Crippen molar-refractivity contribution in [2.75, 3.05) is 7.11 Å². The van der Waals surface area contributed by atoms with Crippen LogP contribution < -0.4 is 10.1 Å². The van der Waals surface area contributed by atoms with Gasteiger partial charge in [0.2, 0.25) is 5.78 Å². The number of hydrogen-bond acceptors (Lipinski definition) is 3. The molecule has 0 aromatic heterocycles. The Balaban J connectivity index is 2.85. The van der Waals surface area contributed by atoms with E-state index in [0.717, 1.165) is 0 Å². The Labute approximate surface area is 101 Å². The largest absolute Gasteiger partial charge is 0.497 e. The van der Waals surface area contributed by atoms with Crippen molar-refractivity contribution in [2.24, 2.45) is 0 Å². The molecule has 1 aromatic carbocycles. The minimum Gasteiger partial charge on any atom is -0.497 e. The van der Waals surface area contributed by atoms with E-state index in [1.54, 1.807) is 24.3 Å². The van der Waals surface area contributed by atoms with Gasteiger partial charge in [-0.15, -0.1) is 0 Å². The lowest BCUT2D eigenvalue weighted by molar-refractivity contribution is -0.118. The van der Waals surface area contributed by atoms with E-state index in [2.05, 4.69) is 5.32 Å². The smallest absolute Gasteiger partial charge is 0.292 e. The predicted molar refractivity (Wildman–Crippen MR) is 65.2 cm³/mol. The van der Waals surface area contributed by atoms with Crippen molar-refractivity contribution < 1.29 is 14.3 Å². The van der Waals surface area contributed by atoms with Crippen LogP contribution in [0.15, 0.2) is 24.3 Å². The second-order valence-corrected chi connectivity index (χ2v) is 4.77. The van der Waals surface area contributed by atoms with Crippen LogP contribution in [0.5, 0.6) is 5.75 Å². The van der Waals surface area contributed by atoms with E-state index < -0.39 is 17.2 Å². The number of hydrogen-bond donors (Lipinski definition) is 1. The summed E-state index contributed by atoms with van der Waals surface area (Å²) in [6.07, 6.45) is 0. The molecule has 1 N–H and O–H groups in total. The molecule has 0 aliphatic heterocycles. The molecule has 17 heavy (non-hydrogen) atoms. The maximum Gasteiger partial charge on any atom is 0.292 e. The Bertz CT molecular complexity index is 433. The summed E-state index contributed by atoms with van der Waals surface area (Å²) in [5, 5.41) is 2.63. The molecular formula is C13H17NO3. The SMILES string of the molecule is COc1cccc(C(=O)C(=O)NC(C)(C)C)c1. The quantitative estimate of drug-likeness (QED) is 0.642. The Hall–Kier alpha value is -1.84. The minimum atomic E-state index is -0.606. The van der Waals surface area contributed by atoms with Gasteiger partial charge in [0, 0.05) is 11.1 Å². The van der Waals surface area contributed by atoms with Gasteiger partial charge in [0.05, 0.1) is 7.11 Å². The Morgan fingerprint density at radius 1 is 1.24 bits per heavy atom. The van der Waals surface area contributed by atoms with Crippen LogP contribution in [-0.4, -0.2) is 24.3 Å². The molecule has 4 heteroatoms. The number of rotatable bonds is 3. The van der Waals surface area contributed by atoms with Crippen LogP contribution in [-0.2, 0) is 4.79 Å². The van der Waals surface area contributed by atoms with Gasteiger partial charge in [-0.2, -0.15) is 0 Å². The second-order valence-electron chi connectivity index (χ2n) is 4.77. The Morgan fingerprint density at radius 3 is 2.41 bits per heavy atom. The molecule has 0 heterocycles. The Morgan fingerprint density at radius 2 is 1.88 bits per heavy atom. The first-order chi connectivity index (χ1) is 7.83. The first-order valence-corrected chi connectivity index (χ1v) is 5.34. The highest BCUT2D eigenvalue weighted by atomic mass is 16.5. The number of ketones is 1. The summed E-state index contributed by atoms with van der Waals surface area (Å²) < 4.78 is 5.00. The van der Waals surface area contributed by atoms with Crippen molar-refractivity contribution >= 4 is 11.7 Å². The van der Waals surface area contributed by atoms with Crippen LogP contribution in [0.3, 0.4) is 0 Å². The number of methoxy groups -OCH3 is 1. The van der Waals surface area contributed by atoms with E-state index in [0.29, 0.717) is 11.3 Å². The molecule has 0 saturated carbocycles. The summed E-state index contributed by atoms with van der Waals surface area (Å²) >= 11 is 0. The summed E-state index contributed by atoms with van der Waals surface area (Å²) in [6.45, 7) is 5.47. The first-order valence-electron chi connectivity index (χ1n) is 5.34. The van der Waals surface area contributed by atoms with Gasteiger partial charge >= 0.3 is 0 Å². The number of benzene rings is 1. The summed E-state index contributed by atoms with van der Waals surface area (Å²) in [6, 6.07) is 6.53. The molecule has 1 rings (SSSR count). The van der Waals surface area contributed by atoms with Gasteiger partial charge in [0.25, 0.3) is 5.91 Å². The van der Waals surface area contributed by atoms with E-state index >= 15 is 0 Å². The Kier molecular flexibility index (Phi) is 3.89. The third-order valence-electron chi connectivity index (χ3n) is 2.03. The molecule has 0 unspecified atom stereocenters. The fraction of sp³-hybridized carbons (Fsp3) is 0.385. The highest BCUT2D eigenvalue weighted by Crippen LogP contribution is 2.13. The second kappa shape index (κ2) is 4.99. The lowest BCUT2D eigenvalue weighted by Gasteiger charge is -2.19. The van der Waals surface area contributed by atoms with Crippen LogP contribution in [0.2, 0.25) is 0 Å². The third kappa shape index (κ3) is 3.90. The molecule has 0 atom stereocenters. The van der Waals surface area contributed by atoms with Gasteiger partial charge in [0.1, 0.15) is 5.75 Å². The van der Waals surface area contributed by atoms with E-state index in [1.165, 1.54) is 7.11 Å². The highest BCUT2D eigenvalue weighted by molar-refractivity contribution is 6.43. The van der Waals surface area contributed by atoms with Crippen LogP contribution in [0.1, 0.15) is 31.1 Å². The monoisotopic (exact) mass is 235 g/mol. The zero-order valence-corrected chi connectivity index (χ0v) is 10.5. The number of carbonyl (C=O) groups is 2. The summed E-state index contributed by atoms with van der Waals surface area (Å²) in [4.78, 5) is 23.5. The van der Waals surface area contributed by atoms with Gasteiger partial charge in [-0.3, -0.25) is 9.59 Å². The fourth-order valence-corrected chi connectivity index (χ4v) is 1.29. The van der Waals surface area contributed by atoms with Crippen molar-refractivity contribution in [3.63, 3.8) is 0 Å². The molecule has 1 aromatic rings. The zero-order valence-electron chi connectivity index (χ0n) is 10.5. The highest BCUT2D eigenvalue weighted by Gasteiger charge is 2.21. The minimum absolute atomic E-state index is 0.325. The number of nitrogens with one attached hydrogen (secondary N) is 1. The van der Waals surface area contributed by atoms with Gasteiger partial charge in [0.15, 0.2) is 0 Å². The zero-order chi connectivity index (χ0) is 13.1. The predicted octanol–water partition coefficient (Wildman–Crippen LogP) is 1.79. The van der Waals surface area contributed by atoms with Gasteiger partial charge in [-0.1, -0.05) is 12.1 Å². The van der Waals surface area contributed by atoms with Crippen molar-refractivity contribution in [2.45, 2.75) is 26.3 Å². The van der Waals surface area contributed by atoms with Crippen molar-refractivity contribution in [1.29, 1.82) is 0 Å². The van der Waals surface area contributed by atoms with E-state index in [4.69, 9.17) is 4.74 Å². The molecule has 0 fully saturated rings. The number of carbonyl (C=O) groups excluding carboxylic acids is 2. The number of amides is 1. The first kappa shape index (κ1) is 13.2. The van der Waals surface area contributed by atoms with Crippen LogP contribution in [0.25, 0.3) is 0 Å². The van der Waals surface area contributed by atoms with Gasteiger partial charge < -0.3 is 10.1 Å². The van der Waals surface area contributed by atoms with Gasteiger partial charge in [-0.25, -0.2) is 0 Å². The molecule has 4 nitrogen and oxygen atoms in total. The average molecular weight is 235 g/mol. The summed E-state index contributed by atoms with van der Waals surface area (Å²) in [5.41, 5.74) is -0.0999. The van der Waals surface area contributed by atoms with Crippen molar-refractivity contribution in [1.82, 2.24) is 5.32 Å². The molecule has 0 radical (unpaired) electrons. The molecule has 0 aliphatic rings. The van der Waals surface area contributed by atoms with E-state index in [-0.39, 0.29) is 0 Å². The molecule has 0 bridgehead atoms. The fourth-order valence-electron chi connectivity index (χ4n) is 1.29. The number of Topliss-reactive ketones (excluding diaryl/α,β-unsaturated/α-hetero) is 1. The maximum atomic E-state index is 11.8. The summed E-state index contributed by atoms with van der Waals surface area (Å²) in [5.74, 6) is -0.607. The standard InChI is InChI=1S/C13H17NO3/c1-13(2,3)14-12(16)11(15)9-6-5-7-10(8-9)17-4/h5-8H,1-4H3,(H,14,16). The average Bonchev–Trinajstić information content (AvgIpc) is 2.26. The van der Waals surface area contributed by atoms with Gasteiger partial charge in [-0.05, 0) is 32.9 Å². The summed E-state index contributed by atoms with van der Waals surface area (Å²) in [7, 11) is 1.51.